The molecule has 1 fully saturated rings. The molecule has 0 saturated carbocycles. The molecule has 0 bridgehead atoms. The maximum Gasteiger partial charge on any atom is 0.274 e. The van der Waals surface area contributed by atoms with Crippen LogP contribution in [0.5, 0.6) is 0 Å². The minimum Gasteiger partial charge on any atom is -0.337 e. The minimum atomic E-state index is -0.412. The number of likely N-dealkylation sites (tertiary alicyclic amines) is 1. The van der Waals surface area contributed by atoms with Crippen molar-refractivity contribution in [1.29, 1.82) is 0 Å². The van der Waals surface area contributed by atoms with Gasteiger partial charge in [0.25, 0.3) is 5.69 Å². The third-order valence-corrected chi connectivity index (χ3v) is 6.06. The van der Waals surface area contributed by atoms with E-state index in [0.717, 1.165) is 31.5 Å². The number of likely N-dealkylation sites (N-methyl/N-ethyl adjacent to an activating group) is 1. The zero-order valence-electron chi connectivity index (χ0n) is 16.2. The van der Waals surface area contributed by atoms with Crippen molar-refractivity contribution in [2.75, 3.05) is 26.7 Å². The van der Waals surface area contributed by atoms with Gasteiger partial charge in [0.15, 0.2) is 0 Å². The van der Waals surface area contributed by atoms with Crippen molar-refractivity contribution in [2.24, 2.45) is 0 Å². The van der Waals surface area contributed by atoms with Gasteiger partial charge in [0.1, 0.15) is 0 Å². The van der Waals surface area contributed by atoms with E-state index in [0.29, 0.717) is 22.2 Å². The summed E-state index contributed by atoms with van der Waals surface area (Å²) < 4.78 is 0. The van der Waals surface area contributed by atoms with Crippen LogP contribution in [0.15, 0.2) is 42.5 Å². The van der Waals surface area contributed by atoms with Crippen LogP contribution in [-0.2, 0) is 11.2 Å². The molecular weight excluding hydrogens is 413 g/mol. The fourth-order valence-electron chi connectivity index (χ4n) is 3.70. The van der Waals surface area contributed by atoms with Crippen LogP contribution in [0.1, 0.15) is 30.0 Å². The van der Waals surface area contributed by atoms with E-state index in [9.17, 15) is 14.9 Å². The number of amides is 1. The van der Waals surface area contributed by atoms with Gasteiger partial charge in [-0.3, -0.25) is 14.9 Å². The third kappa shape index (κ3) is 5.26. The molecular formula is C21H23Cl2N3O3. The van der Waals surface area contributed by atoms with Gasteiger partial charge in [-0.1, -0.05) is 47.5 Å². The van der Waals surface area contributed by atoms with E-state index in [1.165, 1.54) is 6.07 Å². The summed E-state index contributed by atoms with van der Waals surface area (Å²) in [5, 5.41) is 12.4. The van der Waals surface area contributed by atoms with Crippen LogP contribution in [0, 0.1) is 10.1 Å². The number of carbonyl (C=O) groups is 1. The molecule has 3 rings (SSSR count). The molecule has 1 heterocycles. The van der Waals surface area contributed by atoms with E-state index in [1.807, 2.05) is 0 Å². The highest BCUT2D eigenvalue weighted by atomic mass is 35.5. The first-order valence-corrected chi connectivity index (χ1v) is 10.3. The first-order valence-electron chi connectivity index (χ1n) is 9.52. The largest absolute Gasteiger partial charge is 0.337 e. The van der Waals surface area contributed by atoms with Crippen LogP contribution >= 0.6 is 23.2 Å². The zero-order valence-corrected chi connectivity index (χ0v) is 17.7. The number of para-hydroxylation sites is 1. The number of hydrogen-bond acceptors (Lipinski definition) is 4. The molecule has 154 valence electrons. The van der Waals surface area contributed by atoms with Crippen LogP contribution in [-0.4, -0.2) is 47.3 Å². The lowest BCUT2D eigenvalue weighted by atomic mass is 10.0. The van der Waals surface area contributed by atoms with Gasteiger partial charge < -0.3 is 9.80 Å². The fraction of sp³-hybridized carbons (Fsp3) is 0.381. The summed E-state index contributed by atoms with van der Waals surface area (Å²) in [4.78, 5) is 28.1. The van der Waals surface area contributed by atoms with E-state index in [1.54, 1.807) is 48.3 Å². The smallest absolute Gasteiger partial charge is 0.274 e. The summed E-state index contributed by atoms with van der Waals surface area (Å²) in [6.07, 6.45) is 2.35. The molecule has 0 aromatic heterocycles. The maximum absolute atomic E-state index is 13.0. The van der Waals surface area contributed by atoms with Crippen molar-refractivity contribution in [3.8, 4) is 0 Å². The van der Waals surface area contributed by atoms with E-state index in [2.05, 4.69) is 4.90 Å². The van der Waals surface area contributed by atoms with E-state index in [4.69, 9.17) is 23.2 Å². The molecule has 1 atom stereocenters. The second kappa shape index (κ2) is 9.57. The predicted octanol–water partition coefficient (Wildman–Crippen LogP) is 4.74. The monoisotopic (exact) mass is 435 g/mol. The van der Waals surface area contributed by atoms with Gasteiger partial charge in [0.2, 0.25) is 5.91 Å². The highest BCUT2D eigenvalue weighted by Gasteiger charge is 2.30. The van der Waals surface area contributed by atoms with E-state index >= 15 is 0 Å². The van der Waals surface area contributed by atoms with E-state index < -0.39 is 6.04 Å². The Labute approximate surface area is 180 Å². The third-order valence-electron chi connectivity index (χ3n) is 5.32. The maximum atomic E-state index is 13.0. The van der Waals surface area contributed by atoms with Gasteiger partial charge in [-0.15, -0.1) is 0 Å². The lowest BCUT2D eigenvalue weighted by Gasteiger charge is -2.32. The van der Waals surface area contributed by atoms with Crippen LogP contribution in [0.2, 0.25) is 10.0 Å². The summed E-state index contributed by atoms with van der Waals surface area (Å²) >= 11 is 12.0. The summed E-state index contributed by atoms with van der Waals surface area (Å²) in [5.41, 5.74) is 1.33. The van der Waals surface area contributed by atoms with E-state index in [-0.39, 0.29) is 22.9 Å². The summed E-state index contributed by atoms with van der Waals surface area (Å²) in [6, 6.07) is 11.3. The Balaban J connectivity index is 1.87. The second-order valence-electron chi connectivity index (χ2n) is 7.27. The van der Waals surface area contributed by atoms with Gasteiger partial charge in [0.05, 0.1) is 33.0 Å². The molecule has 0 aliphatic carbocycles. The Morgan fingerprint density at radius 2 is 1.86 bits per heavy atom. The molecule has 2 aromatic rings. The Bertz CT molecular complexity index is 900. The Hall–Kier alpha value is -2.15. The number of hydrogen-bond donors (Lipinski definition) is 0. The van der Waals surface area contributed by atoms with Gasteiger partial charge in [-0.25, -0.2) is 0 Å². The summed E-state index contributed by atoms with van der Waals surface area (Å²) in [5.74, 6) is -0.134. The van der Waals surface area contributed by atoms with Crippen molar-refractivity contribution in [2.45, 2.75) is 25.3 Å². The van der Waals surface area contributed by atoms with Gasteiger partial charge >= 0.3 is 0 Å². The average molecular weight is 436 g/mol. The molecule has 1 aliphatic heterocycles. The number of nitro benzene ring substituents is 1. The molecule has 0 radical (unpaired) electrons. The van der Waals surface area contributed by atoms with Gasteiger partial charge in [-0.05, 0) is 43.6 Å². The average Bonchev–Trinajstić information content (AvgIpc) is 3.21. The Morgan fingerprint density at radius 3 is 2.52 bits per heavy atom. The SMILES string of the molecule is CN(C(=O)Cc1ccc(Cl)c(Cl)c1)[C@H](CN1CCCC1)c1ccccc1[N+](=O)[O-]. The van der Waals surface area contributed by atoms with Crippen molar-refractivity contribution in [1.82, 2.24) is 9.80 Å². The number of nitrogens with zero attached hydrogens (tertiary/aromatic N) is 3. The van der Waals surface area contributed by atoms with Gasteiger partial charge in [0, 0.05) is 19.7 Å². The molecule has 8 heteroatoms. The number of carbonyl (C=O) groups excluding carboxylic acids is 1. The molecule has 1 aliphatic rings. The Kier molecular flexibility index (Phi) is 7.11. The molecule has 1 amide bonds. The van der Waals surface area contributed by atoms with Crippen molar-refractivity contribution < 1.29 is 9.72 Å². The van der Waals surface area contributed by atoms with Crippen molar-refractivity contribution >= 4 is 34.8 Å². The number of halogens is 2. The number of rotatable bonds is 7. The number of benzene rings is 2. The second-order valence-corrected chi connectivity index (χ2v) is 8.08. The van der Waals surface area contributed by atoms with Gasteiger partial charge in [-0.2, -0.15) is 0 Å². The minimum absolute atomic E-state index is 0.0332. The molecule has 29 heavy (non-hydrogen) atoms. The van der Waals surface area contributed by atoms with Crippen molar-refractivity contribution in [3.05, 3.63) is 73.8 Å². The van der Waals surface area contributed by atoms with Crippen molar-refractivity contribution in [3.63, 3.8) is 0 Å². The summed E-state index contributed by atoms with van der Waals surface area (Å²) in [6.45, 7) is 2.44. The Morgan fingerprint density at radius 1 is 1.17 bits per heavy atom. The lowest BCUT2D eigenvalue weighted by Crippen LogP contribution is -2.39. The zero-order chi connectivity index (χ0) is 21.0. The molecule has 0 N–H and O–H groups in total. The topological polar surface area (TPSA) is 66.7 Å². The highest BCUT2D eigenvalue weighted by Crippen LogP contribution is 2.31. The number of nitro groups is 1. The quantitative estimate of drug-likeness (QED) is 0.465. The van der Waals surface area contributed by atoms with Crippen LogP contribution in [0.3, 0.4) is 0 Å². The fourth-order valence-corrected chi connectivity index (χ4v) is 4.02. The first-order chi connectivity index (χ1) is 13.9. The highest BCUT2D eigenvalue weighted by molar-refractivity contribution is 6.42. The van der Waals surface area contributed by atoms with Crippen LogP contribution in [0.25, 0.3) is 0 Å². The normalized spacial score (nSPS) is 15.3. The first kappa shape index (κ1) is 21.6. The molecule has 0 spiro atoms. The van der Waals surface area contributed by atoms with Crippen LogP contribution < -0.4 is 0 Å². The summed E-state index contributed by atoms with van der Waals surface area (Å²) in [7, 11) is 1.71. The molecule has 6 nitrogen and oxygen atoms in total. The molecule has 2 aromatic carbocycles. The predicted molar refractivity (Wildman–Crippen MR) is 114 cm³/mol. The standard InChI is InChI=1S/C21H23Cl2N3O3/c1-24(21(27)13-15-8-9-17(22)18(23)12-15)20(14-25-10-4-5-11-25)16-6-2-3-7-19(16)26(28)29/h2-3,6-9,12,20H,4-5,10-11,13-14H2,1H3/t20-/m1/s1. The molecule has 0 unspecified atom stereocenters. The lowest BCUT2D eigenvalue weighted by molar-refractivity contribution is -0.386. The van der Waals surface area contributed by atoms with Crippen LogP contribution in [0.4, 0.5) is 5.69 Å². The molecule has 1 saturated heterocycles.